The Morgan fingerprint density at radius 1 is 0.861 bits per heavy atom. The van der Waals surface area contributed by atoms with Crippen molar-refractivity contribution in [1.82, 2.24) is 0 Å². The molecule has 1 unspecified atom stereocenters. The molecular formula is C29H24N4O3. The van der Waals surface area contributed by atoms with Crippen molar-refractivity contribution in [2.45, 2.75) is 25.7 Å². The largest absolute Gasteiger partial charge is 0.491 e. The SMILES string of the molecule is CC1(C)OCC(COc2ccc(N(c3ccccc3)c3ccc(C(C#N)=C(C#N)C#N)cc3)cc2)O1. The summed E-state index contributed by atoms with van der Waals surface area (Å²) in [6, 6.07) is 30.4. The molecule has 0 bridgehead atoms. The van der Waals surface area contributed by atoms with Crippen LogP contribution < -0.4 is 9.64 Å². The van der Waals surface area contributed by atoms with Crippen molar-refractivity contribution < 1.29 is 14.2 Å². The van der Waals surface area contributed by atoms with Crippen molar-refractivity contribution in [3.05, 3.63) is 90.0 Å². The van der Waals surface area contributed by atoms with Gasteiger partial charge in [0.05, 0.1) is 12.2 Å². The second kappa shape index (κ2) is 10.8. The van der Waals surface area contributed by atoms with Gasteiger partial charge in [-0.05, 0) is 67.9 Å². The van der Waals surface area contributed by atoms with Crippen LogP contribution in [0.4, 0.5) is 17.1 Å². The van der Waals surface area contributed by atoms with Gasteiger partial charge in [0.15, 0.2) is 5.79 Å². The lowest BCUT2D eigenvalue weighted by Crippen LogP contribution is -2.25. The second-order valence-corrected chi connectivity index (χ2v) is 8.56. The predicted octanol–water partition coefficient (Wildman–Crippen LogP) is 6.01. The van der Waals surface area contributed by atoms with E-state index in [1.54, 1.807) is 24.3 Å². The number of ether oxygens (including phenoxy) is 3. The van der Waals surface area contributed by atoms with Gasteiger partial charge in [0.25, 0.3) is 0 Å². The number of para-hydroxylation sites is 1. The number of nitriles is 3. The van der Waals surface area contributed by atoms with Crippen molar-refractivity contribution in [3.63, 3.8) is 0 Å². The molecule has 0 spiro atoms. The molecule has 178 valence electrons. The number of benzene rings is 3. The van der Waals surface area contributed by atoms with E-state index >= 15 is 0 Å². The summed E-state index contributed by atoms with van der Waals surface area (Å²) in [5, 5.41) is 27.8. The molecule has 0 aliphatic carbocycles. The molecule has 0 amide bonds. The highest BCUT2D eigenvalue weighted by atomic mass is 16.7. The zero-order chi connectivity index (χ0) is 25.5. The number of rotatable bonds is 7. The molecule has 0 radical (unpaired) electrons. The summed E-state index contributed by atoms with van der Waals surface area (Å²) in [5.74, 6) is 0.137. The maximum Gasteiger partial charge on any atom is 0.163 e. The average molecular weight is 477 g/mol. The molecule has 4 rings (SSSR count). The van der Waals surface area contributed by atoms with Gasteiger partial charge in [-0.1, -0.05) is 30.3 Å². The van der Waals surface area contributed by atoms with E-state index in [-0.39, 0.29) is 17.3 Å². The molecule has 0 N–H and O–H groups in total. The molecule has 0 aromatic heterocycles. The molecule has 7 nitrogen and oxygen atoms in total. The minimum absolute atomic E-state index is 0.0549. The Morgan fingerprint density at radius 3 is 1.97 bits per heavy atom. The van der Waals surface area contributed by atoms with Crippen LogP contribution in [0.25, 0.3) is 5.57 Å². The van der Waals surface area contributed by atoms with Gasteiger partial charge in [0, 0.05) is 17.1 Å². The minimum Gasteiger partial charge on any atom is -0.491 e. The van der Waals surface area contributed by atoms with E-state index in [9.17, 15) is 5.26 Å². The molecule has 0 saturated carbocycles. The highest BCUT2D eigenvalue weighted by molar-refractivity contribution is 5.85. The lowest BCUT2D eigenvalue weighted by atomic mass is 10.0. The van der Waals surface area contributed by atoms with Gasteiger partial charge in [-0.3, -0.25) is 0 Å². The van der Waals surface area contributed by atoms with Gasteiger partial charge in [0.1, 0.15) is 42.2 Å². The summed E-state index contributed by atoms with van der Waals surface area (Å²) in [6.07, 6.45) is -0.117. The fourth-order valence-corrected chi connectivity index (χ4v) is 3.93. The molecule has 7 heteroatoms. The van der Waals surface area contributed by atoms with Crippen molar-refractivity contribution in [2.24, 2.45) is 0 Å². The van der Waals surface area contributed by atoms with Crippen LogP contribution in [-0.2, 0) is 9.47 Å². The van der Waals surface area contributed by atoms with Gasteiger partial charge in [-0.2, -0.15) is 15.8 Å². The Kier molecular flexibility index (Phi) is 7.33. The number of hydrogen-bond donors (Lipinski definition) is 0. The first-order chi connectivity index (χ1) is 17.4. The Labute approximate surface area is 210 Å². The maximum atomic E-state index is 9.46. The summed E-state index contributed by atoms with van der Waals surface area (Å²) in [7, 11) is 0. The van der Waals surface area contributed by atoms with E-state index in [2.05, 4.69) is 4.90 Å². The molecule has 1 aliphatic heterocycles. The fraction of sp³-hybridized carbons (Fsp3) is 0.207. The van der Waals surface area contributed by atoms with Crippen LogP contribution in [0.15, 0.2) is 84.4 Å². The first kappa shape index (κ1) is 24.5. The van der Waals surface area contributed by atoms with Crippen LogP contribution >= 0.6 is 0 Å². The molecular weight excluding hydrogens is 452 g/mol. The number of hydrogen-bond acceptors (Lipinski definition) is 7. The number of allylic oxidation sites excluding steroid dienone is 2. The van der Waals surface area contributed by atoms with Gasteiger partial charge in [0.2, 0.25) is 0 Å². The van der Waals surface area contributed by atoms with Crippen molar-refractivity contribution in [2.75, 3.05) is 18.1 Å². The third-order valence-corrected chi connectivity index (χ3v) is 5.61. The fourth-order valence-electron chi connectivity index (χ4n) is 3.93. The predicted molar refractivity (Wildman–Crippen MR) is 135 cm³/mol. The first-order valence-electron chi connectivity index (χ1n) is 11.4. The molecule has 3 aromatic rings. The molecule has 1 aliphatic rings. The van der Waals surface area contributed by atoms with Crippen molar-refractivity contribution >= 4 is 22.6 Å². The van der Waals surface area contributed by atoms with Gasteiger partial charge in [-0.25, -0.2) is 0 Å². The Hall–Kier alpha value is -4.61. The number of nitrogens with zero attached hydrogens (tertiary/aromatic N) is 4. The van der Waals surface area contributed by atoms with E-state index in [0.29, 0.717) is 18.8 Å². The van der Waals surface area contributed by atoms with E-state index in [4.69, 9.17) is 24.7 Å². The van der Waals surface area contributed by atoms with Gasteiger partial charge >= 0.3 is 0 Å². The lowest BCUT2D eigenvalue weighted by Gasteiger charge is -2.26. The summed E-state index contributed by atoms with van der Waals surface area (Å²) in [5.41, 5.74) is 3.07. The highest BCUT2D eigenvalue weighted by Gasteiger charge is 2.33. The molecule has 1 heterocycles. The molecule has 1 saturated heterocycles. The summed E-state index contributed by atoms with van der Waals surface area (Å²) in [6.45, 7) is 4.66. The molecule has 1 atom stereocenters. The maximum absolute atomic E-state index is 9.46. The van der Waals surface area contributed by atoms with Crippen molar-refractivity contribution in [3.8, 4) is 24.0 Å². The Balaban J connectivity index is 1.59. The summed E-state index contributed by atoms with van der Waals surface area (Å²) in [4.78, 5) is 2.06. The topological polar surface area (TPSA) is 102 Å². The summed E-state index contributed by atoms with van der Waals surface area (Å²) >= 11 is 0. The quantitative estimate of drug-likeness (QED) is 0.385. The van der Waals surface area contributed by atoms with E-state index in [1.165, 1.54) is 0 Å². The van der Waals surface area contributed by atoms with Crippen LogP contribution in [0.5, 0.6) is 5.75 Å². The summed E-state index contributed by atoms with van der Waals surface area (Å²) < 4.78 is 17.3. The monoisotopic (exact) mass is 476 g/mol. The van der Waals surface area contributed by atoms with Gasteiger partial charge in [-0.15, -0.1) is 0 Å². The standard InChI is InChI=1S/C29H24N4O3/c1-29(2)35-20-27(36-29)19-34-26-14-12-25(13-15-26)33(23-6-4-3-5-7-23)24-10-8-21(9-11-24)28(18-32)22(16-30)17-31/h3-15,27H,19-20H2,1-2H3. The molecule has 36 heavy (non-hydrogen) atoms. The minimum atomic E-state index is -0.585. The lowest BCUT2D eigenvalue weighted by molar-refractivity contribution is -0.141. The highest BCUT2D eigenvalue weighted by Crippen LogP contribution is 2.36. The third-order valence-electron chi connectivity index (χ3n) is 5.61. The Morgan fingerprint density at radius 2 is 1.44 bits per heavy atom. The Bertz CT molecular complexity index is 1340. The molecule has 1 fully saturated rings. The van der Waals surface area contributed by atoms with Crippen LogP contribution in [0.3, 0.4) is 0 Å². The average Bonchev–Trinajstić information content (AvgIpc) is 3.26. The van der Waals surface area contributed by atoms with Crippen LogP contribution in [0.1, 0.15) is 19.4 Å². The third kappa shape index (κ3) is 5.54. The van der Waals surface area contributed by atoms with Crippen LogP contribution in [-0.4, -0.2) is 25.1 Å². The normalized spacial score (nSPS) is 15.7. The number of anilines is 3. The molecule has 3 aromatic carbocycles. The van der Waals surface area contributed by atoms with Gasteiger partial charge < -0.3 is 19.1 Å². The van der Waals surface area contributed by atoms with Crippen LogP contribution in [0, 0.1) is 34.0 Å². The zero-order valence-corrected chi connectivity index (χ0v) is 20.0. The zero-order valence-electron chi connectivity index (χ0n) is 20.0. The van der Waals surface area contributed by atoms with E-state index in [0.717, 1.165) is 22.8 Å². The van der Waals surface area contributed by atoms with Crippen LogP contribution in [0.2, 0.25) is 0 Å². The second-order valence-electron chi connectivity index (χ2n) is 8.56. The van der Waals surface area contributed by atoms with E-state index < -0.39 is 5.79 Å². The van der Waals surface area contributed by atoms with Crippen molar-refractivity contribution in [1.29, 1.82) is 15.8 Å². The smallest absolute Gasteiger partial charge is 0.163 e. The van der Waals surface area contributed by atoms with E-state index in [1.807, 2.05) is 86.6 Å². The first-order valence-corrected chi connectivity index (χ1v) is 11.4.